The molecule has 30 heavy (non-hydrogen) atoms. The Morgan fingerprint density at radius 1 is 1.30 bits per heavy atom. The molecule has 0 saturated carbocycles. The van der Waals surface area contributed by atoms with Crippen LogP contribution in [-0.2, 0) is 23.5 Å². The third kappa shape index (κ3) is 8.10. The van der Waals surface area contributed by atoms with E-state index < -0.39 is 6.10 Å². The van der Waals surface area contributed by atoms with Crippen LogP contribution in [0.25, 0.3) is 0 Å². The molecule has 8 heteroatoms. The van der Waals surface area contributed by atoms with Gasteiger partial charge in [0.1, 0.15) is 0 Å². The lowest BCUT2D eigenvalue weighted by Crippen LogP contribution is -2.43. The molecular formula is C22H32N4O3S. The monoisotopic (exact) mass is 432 g/mol. The molecule has 2 N–H and O–H groups in total. The molecule has 7 nitrogen and oxygen atoms in total. The first-order valence-electron chi connectivity index (χ1n) is 10.5. The van der Waals surface area contributed by atoms with Crippen LogP contribution in [0.5, 0.6) is 0 Å². The highest BCUT2D eigenvalue weighted by Gasteiger charge is 2.14. The summed E-state index contributed by atoms with van der Waals surface area (Å²) >= 11 is 1.53. The fourth-order valence-electron chi connectivity index (χ4n) is 3.36. The van der Waals surface area contributed by atoms with E-state index in [1.807, 2.05) is 12.3 Å². The molecule has 1 saturated heterocycles. The van der Waals surface area contributed by atoms with Crippen LogP contribution >= 0.6 is 11.8 Å². The van der Waals surface area contributed by atoms with Crippen LogP contribution in [0.3, 0.4) is 0 Å². The molecule has 0 bridgehead atoms. The third-order valence-electron chi connectivity index (χ3n) is 5.23. The fraction of sp³-hybridized carbons (Fsp3) is 0.545. The van der Waals surface area contributed by atoms with Gasteiger partial charge in [-0.05, 0) is 43.7 Å². The van der Waals surface area contributed by atoms with Crippen molar-refractivity contribution in [3.05, 3.63) is 53.7 Å². The number of amides is 1. The molecule has 0 spiro atoms. The number of piperazine rings is 1. The molecular weight excluding hydrogens is 400 g/mol. The van der Waals surface area contributed by atoms with Crippen molar-refractivity contribution in [2.45, 2.75) is 31.2 Å². The summed E-state index contributed by atoms with van der Waals surface area (Å²) in [4.78, 5) is 21.2. The number of aliphatic hydroxyl groups excluding tert-OH is 1. The van der Waals surface area contributed by atoms with Crippen molar-refractivity contribution in [3.63, 3.8) is 0 Å². The SMILES string of the molecule is CN1CCN(Cc2ccnc(CCC(O)CNC(=O)CSCc3ccoc3)c2)CC1. The van der Waals surface area contributed by atoms with E-state index in [-0.39, 0.29) is 12.5 Å². The Labute approximate surface area is 182 Å². The van der Waals surface area contributed by atoms with E-state index >= 15 is 0 Å². The maximum atomic E-state index is 11.9. The second kappa shape index (κ2) is 12.1. The molecule has 1 atom stereocenters. The second-order valence-electron chi connectivity index (χ2n) is 7.86. The Kier molecular flexibility index (Phi) is 9.20. The number of hydrogen-bond donors (Lipinski definition) is 2. The first-order valence-corrected chi connectivity index (χ1v) is 11.6. The van der Waals surface area contributed by atoms with Gasteiger partial charge in [-0.25, -0.2) is 0 Å². The zero-order chi connectivity index (χ0) is 21.2. The number of aryl methyl sites for hydroxylation is 1. The van der Waals surface area contributed by atoms with Crippen molar-refractivity contribution in [2.75, 3.05) is 45.5 Å². The largest absolute Gasteiger partial charge is 0.472 e. The first-order chi connectivity index (χ1) is 14.6. The zero-order valence-corrected chi connectivity index (χ0v) is 18.4. The molecule has 3 rings (SSSR count). The van der Waals surface area contributed by atoms with Gasteiger partial charge in [0.15, 0.2) is 0 Å². The standard InChI is InChI=1S/C22H32N4O3S/c1-25-7-9-26(10-8-25)14-18-4-6-23-20(12-18)2-3-21(27)13-24-22(28)17-30-16-19-5-11-29-15-19/h4-6,11-12,15,21,27H,2-3,7-10,13-14,16-17H2,1H3,(H,24,28). The number of aromatic nitrogens is 1. The number of hydrogen-bond acceptors (Lipinski definition) is 7. The number of carbonyl (C=O) groups excluding carboxylic acids is 1. The van der Waals surface area contributed by atoms with Crippen molar-refractivity contribution < 1.29 is 14.3 Å². The Morgan fingerprint density at radius 3 is 2.90 bits per heavy atom. The molecule has 0 aliphatic carbocycles. The lowest BCUT2D eigenvalue weighted by molar-refractivity contribution is -0.119. The highest BCUT2D eigenvalue weighted by molar-refractivity contribution is 7.99. The molecule has 1 aliphatic rings. The van der Waals surface area contributed by atoms with Crippen molar-refractivity contribution in [1.82, 2.24) is 20.1 Å². The smallest absolute Gasteiger partial charge is 0.230 e. The molecule has 1 aliphatic heterocycles. The maximum absolute atomic E-state index is 11.9. The Balaban J connectivity index is 1.32. The number of nitrogens with zero attached hydrogens (tertiary/aromatic N) is 3. The third-order valence-corrected chi connectivity index (χ3v) is 6.24. The minimum Gasteiger partial charge on any atom is -0.472 e. The number of aliphatic hydroxyl groups is 1. The van der Waals surface area contributed by atoms with Gasteiger partial charge < -0.3 is 19.7 Å². The summed E-state index contributed by atoms with van der Waals surface area (Å²) in [5, 5.41) is 13.0. The zero-order valence-electron chi connectivity index (χ0n) is 17.6. The number of pyridine rings is 1. The molecule has 2 aromatic heterocycles. The number of likely N-dealkylation sites (N-methyl/N-ethyl adjacent to an activating group) is 1. The number of nitrogens with one attached hydrogen (secondary N) is 1. The minimum atomic E-state index is -0.573. The summed E-state index contributed by atoms with van der Waals surface area (Å²) in [5.41, 5.74) is 3.32. The predicted octanol–water partition coefficient (Wildman–Crippen LogP) is 1.77. The van der Waals surface area contributed by atoms with Gasteiger partial charge in [0, 0.05) is 62.5 Å². The van der Waals surface area contributed by atoms with Crippen molar-refractivity contribution in [2.24, 2.45) is 0 Å². The lowest BCUT2D eigenvalue weighted by Gasteiger charge is -2.32. The van der Waals surface area contributed by atoms with E-state index in [0.717, 1.165) is 49.7 Å². The van der Waals surface area contributed by atoms with Crippen molar-refractivity contribution >= 4 is 17.7 Å². The van der Waals surface area contributed by atoms with Crippen LogP contribution in [0, 0.1) is 0 Å². The van der Waals surface area contributed by atoms with Gasteiger partial charge in [-0.15, -0.1) is 11.8 Å². The quantitative estimate of drug-likeness (QED) is 0.560. The van der Waals surface area contributed by atoms with Crippen LogP contribution in [0.2, 0.25) is 0 Å². The minimum absolute atomic E-state index is 0.0603. The van der Waals surface area contributed by atoms with Gasteiger partial charge in [0.25, 0.3) is 0 Å². The summed E-state index contributed by atoms with van der Waals surface area (Å²) in [6, 6.07) is 6.10. The van der Waals surface area contributed by atoms with E-state index in [0.29, 0.717) is 18.6 Å². The van der Waals surface area contributed by atoms with Crippen LogP contribution in [0.15, 0.2) is 41.3 Å². The van der Waals surface area contributed by atoms with Gasteiger partial charge >= 0.3 is 0 Å². The number of carbonyl (C=O) groups is 1. The van der Waals surface area contributed by atoms with E-state index in [1.54, 1.807) is 12.5 Å². The summed E-state index contributed by atoms with van der Waals surface area (Å²) < 4.78 is 5.01. The van der Waals surface area contributed by atoms with Crippen LogP contribution < -0.4 is 5.32 Å². The highest BCUT2D eigenvalue weighted by Crippen LogP contribution is 2.12. The average Bonchev–Trinajstić information content (AvgIpc) is 3.26. The van der Waals surface area contributed by atoms with Gasteiger partial charge in [0.2, 0.25) is 5.91 Å². The maximum Gasteiger partial charge on any atom is 0.230 e. The average molecular weight is 433 g/mol. The predicted molar refractivity (Wildman–Crippen MR) is 119 cm³/mol. The summed E-state index contributed by atoms with van der Waals surface area (Å²) in [7, 11) is 2.16. The van der Waals surface area contributed by atoms with Crippen LogP contribution in [-0.4, -0.2) is 77.4 Å². The highest BCUT2D eigenvalue weighted by atomic mass is 32.2. The van der Waals surface area contributed by atoms with E-state index in [1.165, 1.54) is 17.3 Å². The van der Waals surface area contributed by atoms with Gasteiger partial charge in [-0.2, -0.15) is 0 Å². The Hall–Kier alpha value is -1.87. The van der Waals surface area contributed by atoms with E-state index in [9.17, 15) is 9.90 Å². The molecule has 1 unspecified atom stereocenters. The van der Waals surface area contributed by atoms with Gasteiger partial charge in [-0.3, -0.25) is 14.7 Å². The molecule has 2 aromatic rings. The molecule has 1 amide bonds. The van der Waals surface area contributed by atoms with E-state index in [4.69, 9.17) is 4.42 Å². The van der Waals surface area contributed by atoms with Crippen molar-refractivity contribution in [3.8, 4) is 0 Å². The van der Waals surface area contributed by atoms with Gasteiger partial charge in [0.05, 0.1) is 24.4 Å². The Morgan fingerprint density at radius 2 is 2.13 bits per heavy atom. The van der Waals surface area contributed by atoms with Crippen LogP contribution in [0.1, 0.15) is 23.2 Å². The topological polar surface area (TPSA) is 81.8 Å². The summed E-state index contributed by atoms with van der Waals surface area (Å²) in [5.74, 6) is 1.05. The molecule has 3 heterocycles. The Bertz CT molecular complexity index is 764. The first kappa shape index (κ1) is 22.8. The number of furan rings is 1. The van der Waals surface area contributed by atoms with Gasteiger partial charge in [-0.1, -0.05) is 0 Å². The van der Waals surface area contributed by atoms with E-state index in [2.05, 4.69) is 39.3 Å². The van der Waals surface area contributed by atoms with Crippen molar-refractivity contribution in [1.29, 1.82) is 0 Å². The molecule has 1 fully saturated rings. The normalized spacial score (nSPS) is 16.5. The molecule has 164 valence electrons. The second-order valence-corrected chi connectivity index (χ2v) is 8.84. The number of thioether (sulfide) groups is 1. The molecule has 0 aromatic carbocycles. The lowest BCUT2D eigenvalue weighted by atomic mass is 10.1. The summed E-state index contributed by atoms with van der Waals surface area (Å²) in [6.07, 6.45) is 5.87. The van der Waals surface area contributed by atoms with Crippen LogP contribution in [0.4, 0.5) is 0 Å². The molecule has 0 radical (unpaired) electrons. The summed E-state index contributed by atoms with van der Waals surface area (Å²) in [6.45, 7) is 5.61. The fourth-order valence-corrected chi connectivity index (χ4v) is 4.15. The number of rotatable bonds is 11.